The van der Waals surface area contributed by atoms with Gasteiger partial charge in [0.25, 0.3) is 0 Å². The van der Waals surface area contributed by atoms with Gasteiger partial charge in [0.05, 0.1) is 25.2 Å². The van der Waals surface area contributed by atoms with Gasteiger partial charge in [-0.05, 0) is 51.4 Å². The highest BCUT2D eigenvalue weighted by atomic mass is 16.5. The van der Waals surface area contributed by atoms with Crippen LogP contribution in [0.15, 0.2) is 12.2 Å². The highest BCUT2D eigenvalue weighted by Gasteiger charge is 2.24. The predicted octanol–water partition coefficient (Wildman–Crippen LogP) is 16.5. The summed E-state index contributed by atoms with van der Waals surface area (Å²) in [6.07, 6.45) is 55.6. The summed E-state index contributed by atoms with van der Waals surface area (Å²) in [4.78, 5) is 26.2. The number of esters is 1. The van der Waals surface area contributed by atoms with Gasteiger partial charge in [-0.1, -0.05) is 251 Å². The van der Waals surface area contributed by atoms with Crippen LogP contribution in [0.4, 0.5) is 0 Å². The molecule has 0 spiro atoms. The van der Waals surface area contributed by atoms with E-state index in [-0.39, 0.29) is 24.9 Å². The largest absolute Gasteiger partial charge is 0.462 e. The fraction of sp³-hybridized carbons (Fsp3) is 0.927. The molecule has 362 valence electrons. The molecule has 0 saturated carbocycles. The topological polar surface area (TPSA) is 95.9 Å². The van der Waals surface area contributed by atoms with E-state index in [0.29, 0.717) is 19.3 Å². The van der Waals surface area contributed by atoms with Crippen molar-refractivity contribution in [2.24, 2.45) is 0 Å². The molecule has 0 aromatic carbocycles. The van der Waals surface area contributed by atoms with Crippen molar-refractivity contribution in [1.82, 2.24) is 5.32 Å². The van der Waals surface area contributed by atoms with Crippen LogP contribution in [0.25, 0.3) is 0 Å². The minimum Gasteiger partial charge on any atom is -0.462 e. The average molecular weight is 862 g/mol. The lowest BCUT2D eigenvalue weighted by Crippen LogP contribution is -2.46. The zero-order chi connectivity index (χ0) is 44.5. The first-order chi connectivity index (χ1) is 30.0. The first kappa shape index (κ1) is 59.6. The second kappa shape index (κ2) is 49.6. The normalized spacial score (nSPS) is 13.2. The molecule has 0 saturated heterocycles. The second-order valence-electron chi connectivity index (χ2n) is 19.0. The number of carbonyl (C=O) groups is 2. The van der Waals surface area contributed by atoms with Crippen LogP contribution in [-0.4, -0.2) is 46.9 Å². The maximum atomic E-state index is 13.2. The number of aliphatic hydroxyl groups excluding tert-OH is 2. The van der Waals surface area contributed by atoms with E-state index in [1.54, 1.807) is 0 Å². The van der Waals surface area contributed by atoms with Gasteiger partial charge in [0.2, 0.25) is 5.91 Å². The van der Waals surface area contributed by atoms with Crippen molar-refractivity contribution in [3.63, 3.8) is 0 Å². The molecule has 0 bridgehead atoms. The second-order valence-corrected chi connectivity index (χ2v) is 19.0. The summed E-state index contributed by atoms with van der Waals surface area (Å²) >= 11 is 0. The van der Waals surface area contributed by atoms with E-state index in [1.807, 2.05) is 0 Å². The van der Waals surface area contributed by atoms with Crippen LogP contribution in [0.1, 0.15) is 303 Å². The standard InChI is InChI=1S/C55H107NO5/c1-4-7-10-13-16-19-22-25-27-28-30-32-35-38-41-44-47-53(58)52(50-57)56-54(59)49-51(46-43-40-37-34-31-29-26-23-20-17-14-11-8-5-2)61-55(60)48-45-42-39-36-33-24-21-18-15-12-9-6-3/h18,21,51-53,57-58H,4-17,19-20,22-50H2,1-3H3,(H,56,59)/b21-18-. The van der Waals surface area contributed by atoms with Gasteiger partial charge in [0, 0.05) is 6.42 Å². The number of aliphatic hydroxyl groups is 2. The Morgan fingerprint density at radius 2 is 0.787 bits per heavy atom. The van der Waals surface area contributed by atoms with Gasteiger partial charge in [-0.3, -0.25) is 9.59 Å². The first-order valence-corrected chi connectivity index (χ1v) is 27.4. The lowest BCUT2D eigenvalue weighted by atomic mass is 10.0. The van der Waals surface area contributed by atoms with Gasteiger partial charge in [0.15, 0.2) is 0 Å². The van der Waals surface area contributed by atoms with Crippen LogP contribution in [0.2, 0.25) is 0 Å². The number of carbonyl (C=O) groups excluding carboxylic acids is 2. The van der Waals surface area contributed by atoms with Crippen molar-refractivity contribution in [1.29, 1.82) is 0 Å². The van der Waals surface area contributed by atoms with Gasteiger partial charge >= 0.3 is 5.97 Å². The Morgan fingerprint density at radius 1 is 0.459 bits per heavy atom. The Bertz CT molecular complexity index is 924. The fourth-order valence-corrected chi connectivity index (χ4v) is 8.66. The molecule has 0 aliphatic heterocycles. The molecule has 0 aromatic rings. The van der Waals surface area contributed by atoms with Crippen molar-refractivity contribution < 1.29 is 24.5 Å². The molecule has 3 N–H and O–H groups in total. The number of hydrogen-bond donors (Lipinski definition) is 3. The maximum absolute atomic E-state index is 13.2. The molecule has 0 fully saturated rings. The number of amides is 1. The van der Waals surface area contributed by atoms with Crippen LogP contribution >= 0.6 is 0 Å². The Hall–Kier alpha value is -1.40. The monoisotopic (exact) mass is 862 g/mol. The quantitative estimate of drug-likeness (QED) is 0.0322. The smallest absolute Gasteiger partial charge is 0.306 e. The fourth-order valence-electron chi connectivity index (χ4n) is 8.66. The van der Waals surface area contributed by atoms with Crippen molar-refractivity contribution in [2.45, 2.75) is 322 Å². The van der Waals surface area contributed by atoms with Crippen molar-refractivity contribution in [3.05, 3.63) is 12.2 Å². The molecule has 0 aliphatic rings. The zero-order valence-corrected chi connectivity index (χ0v) is 41.3. The summed E-state index contributed by atoms with van der Waals surface area (Å²) in [5.74, 6) is -0.465. The number of nitrogens with one attached hydrogen (secondary N) is 1. The van der Waals surface area contributed by atoms with Gasteiger partial charge in [-0.15, -0.1) is 0 Å². The number of allylic oxidation sites excluding steroid dienone is 2. The van der Waals surface area contributed by atoms with E-state index in [9.17, 15) is 19.8 Å². The predicted molar refractivity (Wildman–Crippen MR) is 264 cm³/mol. The van der Waals surface area contributed by atoms with Crippen molar-refractivity contribution in [2.75, 3.05) is 6.61 Å². The zero-order valence-electron chi connectivity index (χ0n) is 41.3. The summed E-state index contributed by atoms with van der Waals surface area (Å²) < 4.78 is 5.94. The highest BCUT2D eigenvalue weighted by Crippen LogP contribution is 2.19. The van der Waals surface area contributed by atoms with E-state index >= 15 is 0 Å². The maximum Gasteiger partial charge on any atom is 0.306 e. The number of unbranched alkanes of at least 4 members (excludes halogenated alkanes) is 36. The molecular formula is C55H107NO5. The van der Waals surface area contributed by atoms with Gasteiger partial charge in [-0.25, -0.2) is 0 Å². The summed E-state index contributed by atoms with van der Waals surface area (Å²) in [5.41, 5.74) is 0. The Kier molecular flexibility index (Phi) is 48.5. The lowest BCUT2D eigenvalue weighted by molar-refractivity contribution is -0.151. The van der Waals surface area contributed by atoms with E-state index in [0.717, 1.165) is 51.4 Å². The highest BCUT2D eigenvalue weighted by molar-refractivity contribution is 5.77. The average Bonchev–Trinajstić information content (AvgIpc) is 3.25. The third kappa shape index (κ3) is 45.0. The van der Waals surface area contributed by atoms with Crippen LogP contribution in [0.5, 0.6) is 0 Å². The molecule has 6 nitrogen and oxygen atoms in total. The lowest BCUT2D eigenvalue weighted by Gasteiger charge is -2.24. The Labute approximate surface area is 380 Å². The van der Waals surface area contributed by atoms with Crippen LogP contribution in [0, 0.1) is 0 Å². The number of ether oxygens (including phenoxy) is 1. The summed E-state index contributed by atoms with van der Waals surface area (Å²) in [5, 5.41) is 23.8. The molecule has 61 heavy (non-hydrogen) atoms. The van der Waals surface area contributed by atoms with E-state index < -0.39 is 18.2 Å². The molecular weight excluding hydrogens is 755 g/mol. The Balaban J connectivity index is 4.49. The molecule has 1 amide bonds. The Morgan fingerprint density at radius 3 is 1.20 bits per heavy atom. The minimum atomic E-state index is -0.783. The van der Waals surface area contributed by atoms with Crippen molar-refractivity contribution >= 4 is 11.9 Å². The minimum absolute atomic E-state index is 0.0818. The SMILES string of the molecule is CCCCC/C=C\CCCCCCCC(=O)OC(CCCCCCCCCCCCCCCC)CC(=O)NC(CO)C(O)CCCCCCCCCCCCCCCCCC. The van der Waals surface area contributed by atoms with Crippen LogP contribution in [-0.2, 0) is 14.3 Å². The molecule has 0 rings (SSSR count). The molecule has 0 radical (unpaired) electrons. The third-order valence-corrected chi connectivity index (χ3v) is 12.8. The number of rotatable bonds is 50. The van der Waals surface area contributed by atoms with Crippen molar-refractivity contribution in [3.8, 4) is 0 Å². The van der Waals surface area contributed by atoms with Crippen LogP contribution in [0.3, 0.4) is 0 Å². The molecule has 0 aromatic heterocycles. The molecule has 0 aliphatic carbocycles. The summed E-state index contributed by atoms with van der Waals surface area (Å²) in [6.45, 7) is 6.49. The van der Waals surface area contributed by atoms with E-state index in [4.69, 9.17) is 4.74 Å². The van der Waals surface area contributed by atoms with Gasteiger partial charge in [-0.2, -0.15) is 0 Å². The summed E-state index contributed by atoms with van der Waals surface area (Å²) in [7, 11) is 0. The first-order valence-electron chi connectivity index (χ1n) is 27.4. The molecule has 0 heterocycles. The van der Waals surface area contributed by atoms with Gasteiger partial charge in [0.1, 0.15) is 6.10 Å². The molecule has 3 unspecified atom stereocenters. The molecule has 3 atom stereocenters. The van der Waals surface area contributed by atoms with E-state index in [1.165, 1.54) is 205 Å². The molecule has 6 heteroatoms. The third-order valence-electron chi connectivity index (χ3n) is 12.8. The van der Waals surface area contributed by atoms with E-state index in [2.05, 4.69) is 38.2 Å². The van der Waals surface area contributed by atoms with Crippen LogP contribution < -0.4 is 5.32 Å². The van der Waals surface area contributed by atoms with Gasteiger partial charge < -0.3 is 20.3 Å². The number of hydrogen-bond acceptors (Lipinski definition) is 5. The summed E-state index contributed by atoms with van der Waals surface area (Å²) in [6, 6.07) is -0.696.